The van der Waals surface area contributed by atoms with Gasteiger partial charge in [-0.2, -0.15) is 4.91 Å². The second-order valence-electron chi connectivity index (χ2n) is 5.91. The van der Waals surface area contributed by atoms with E-state index in [0.717, 1.165) is 29.4 Å². The van der Waals surface area contributed by atoms with E-state index in [1.807, 2.05) is 31.2 Å². The number of nitroso groups, excluding NO2 is 1. The topological polar surface area (TPSA) is 80.6 Å². The van der Waals surface area contributed by atoms with Crippen LogP contribution in [0, 0.1) is 10.8 Å². The quantitative estimate of drug-likeness (QED) is 0.793. The Morgan fingerprint density at radius 3 is 2.96 bits per heavy atom. The molecule has 1 amide bonds. The fraction of sp³-hybridized carbons (Fsp3) is 0.412. The summed E-state index contributed by atoms with van der Waals surface area (Å²) in [6.45, 7) is 2.16. The van der Waals surface area contributed by atoms with Crippen molar-refractivity contribution in [2.24, 2.45) is 11.1 Å². The third-order valence-corrected chi connectivity index (χ3v) is 3.86. The molecule has 0 aliphatic heterocycles. The predicted octanol–water partition coefficient (Wildman–Crippen LogP) is 3.51. The van der Waals surface area contributed by atoms with Crippen molar-refractivity contribution in [2.75, 3.05) is 11.9 Å². The fourth-order valence-corrected chi connectivity index (χ4v) is 2.36. The Labute approximate surface area is 134 Å². The maximum Gasteiger partial charge on any atom is 0.228 e. The first kappa shape index (κ1) is 15.4. The van der Waals surface area contributed by atoms with E-state index < -0.39 is 0 Å². The van der Waals surface area contributed by atoms with Crippen LogP contribution in [0.1, 0.15) is 26.2 Å². The molecule has 1 N–H and O–H groups in total. The zero-order valence-corrected chi connectivity index (χ0v) is 13.0. The van der Waals surface area contributed by atoms with E-state index in [4.69, 9.17) is 4.74 Å². The van der Waals surface area contributed by atoms with Gasteiger partial charge in [0.1, 0.15) is 11.6 Å². The number of anilines is 1. The van der Waals surface area contributed by atoms with Crippen molar-refractivity contribution in [2.45, 2.75) is 32.3 Å². The van der Waals surface area contributed by atoms with Gasteiger partial charge in [0, 0.05) is 23.9 Å². The average Bonchev–Trinajstić information content (AvgIpc) is 3.38. The molecule has 6 nitrogen and oxygen atoms in total. The lowest BCUT2D eigenvalue weighted by Gasteiger charge is -2.13. The number of hydrogen-bond acceptors (Lipinski definition) is 5. The number of carbonyl (C=O) groups is 1. The number of amides is 1. The molecule has 0 bridgehead atoms. The van der Waals surface area contributed by atoms with Crippen LogP contribution in [0.5, 0.6) is 5.75 Å². The average molecular weight is 313 g/mol. The van der Waals surface area contributed by atoms with E-state index in [1.165, 1.54) is 0 Å². The first-order valence-electron chi connectivity index (χ1n) is 7.82. The van der Waals surface area contributed by atoms with Crippen LogP contribution in [0.2, 0.25) is 0 Å². The Balaban J connectivity index is 1.70. The zero-order valence-electron chi connectivity index (χ0n) is 13.0. The van der Waals surface area contributed by atoms with Crippen LogP contribution >= 0.6 is 0 Å². The lowest BCUT2D eigenvalue weighted by Crippen LogP contribution is -2.14. The highest BCUT2D eigenvalue weighted by molar-refractivity contribution is 5.95. The van der Waals surface area contributed by atoms with Crippen molar-refractivity contribution in [3.8, 4) is 5.75 Å². The van der Waals surface area contributed by atoms with Crippen LogP contribution in [-0.2, 0) is 4.79 Å². The van der Waals surface area contributed by atoms with Gasteiger partial charge in [0.2, 0.25) is 5.91 Å². The van der Waals surface area contributed by atoms with Crippen LogP contribution < -0.4 is 10.1 Å². The summed E-state index contributed by atoms with van der Waals surface area (Å²) in [7, 11) is 0. The minimum Gasteiger partial charge on any atom is -0.491 e. The third kappa shape index (κ3) is 4.03. The fourth-order valence-electron chi connectivity index (χ4n) is 2.36. The molecule has 1 aromatic heterocycles. The molecular formula is C17H19N3O3. The van der Waals surface area contributed by atoms with Crippen molar-refractivity contribution in [1.29, 1.82) is 0 Å². The summed E-state index contributed by atoms with van der Waals surface area (Å²) >= 11 is 0. The summed E-state index contributed by atoms with van der Waals surface area (Å²) in [5.74, 6) is 1.51. The van der Waals surface area contributed by atoms with Crippen LogP contribution in [0.15, 0.2) is 35.6 Å². The van der Waals surface area contributed by atoms with Gasteiger partial charge < -0.3 is 10.1 Å². The molecule has 3 rings (SSSR count). The molecule has 0 radical (unpaired) electrons. The summed E-state index contributed by atoms with van der Waals surface area (Å²) in [5, 5.41) is 7.61. The number of ether oxygens (including phenoxy) is 1. The van der Waals surface area contributed by atoms with E-state index >= 15 is 0 Å². The van der Waals surface area contributed by atoms with Crippen molar-refractivity contribution in [1.82, 2.24) is 4.98 Å². The summed E-state index contributed by atoms with van der Waals surface area (Å²) in [6, 6.07) is 7.57. The Hall–Kier alpha value is -2.50. The molecule has 1 heterocycles. The molecule has 2 aromatic rings. The minimum absolute atomic E-state index is 0.0504. The molecule has 1 aliphatic rings. The highest BCUT2D eigenvalue weighted by atomic mass is 16.5. The van der Waals surface area contributed by atoms with Crippen LogP contribution in [0.25, 0.3) is 10.8 Å². The molecular weight excluding hydrogens is 294 g/mol. The van der Waals surface area contributed by atoms with Gasteiger partial charge in [0.15, 0.2) is 0 Å². The third-order valence-electron chi connectivity index (χ3n) is 3.86. The molecule has 1 saturated carbocycles. The monoisotopic (exact) mass is 313 g/mol. The van der Waals surface area contributed by atoms with Gasteiger partial charge >= 0.3 is 0 Å². The van der Waals surface area contributed by atoms with E-state index in [1.54, 1.807) is 6.20 Å². The normalized spacial score (nSPS) is 15.2. The van der Waals surface area contributed by atoms with Gasteiger partial charge in [-0.3, -0.25) is 4.79 Å². The molecule has 0 unspecified atom stereocenters. The summed E-state index contributed by atoms with van der Waals surface area (Å²) < 4.78 is 5.76. The predicted molar refractivity (Wildman–Crippen MR) is 88.5 cm³/mol. The van der Waals surface area contributed by atoms with E-state index in [9.17, 15) is 9.70 Å². The molecule has 0 saturated heterocycles. The second kappa shape index (κ2) is 6.73. The molecule has 1 aromatic carbocycles. The van der Waals surface area contributed by atoms with E-state index in [0.29, 0.717) is 12.2 Å². The van der Waals surface area contributed by atoms with Crippen molar-refractivity contribution >= 4 is 22.5 Å². The highest BCUT2D eigenvalue weighted by Gasteiger charge is 2.29. The maximum atomic E-state index is 11.8. The molecule has 1 aliphatic carbocycles. The number of benzene rings is 1. The largest absolute Gasteiger partial charge is 0.491 e. The van der Waals surface area contributed by atoms with Crippen LogP contribution in [-0.4, -0.2) is 23.5 Å². The van der Waals surface area contributed by atoms with Crippen LogP contribution in [0.4, 0.5) is 5.82 Å². The van der Waals surface area contributed by atoms with Crippen LogP contribution in [0.3, 0.4) is 0 Å². The van der Waals surface area contributed by atoms with E-state index in [-0.39, 0.29) is 24.5 Å². The highest BCUT2D eigenvalue weighted by Crippen LogP contribution is 2.30. The number of nitrogens with one attached hydrogen (secondary N) is 1. The van der Waals surface area contributed by atoms with Crippen molar-refractivity contribution in [3.63, 3.8) is 0 Å². The lowest BCUT2D eigenvalue weighted by molar-refractivity contribution is -0.117. The van der Waals surface area contributed by atoms with Gasteiger partial charge in [-0.15, -0.1) is 0 Å². The number of pyridine rings is 1. The first-order chi connectivity index (χ1) is 11.2. The summed E-state index contributed by atoms with van der Waals surface area (Å²) in [6.07, 6.45) is 4.18. The van der Waals surface area contributed by atoms with Crippen molar-refractivity contribution < 1.29 is 9.53 Å². The zero-order chi connectivity index (χ0) is 16.2. The molecule has 6 heteroatoms. The smallest absolute Gasteiger partial charge is 0.228 e. The Kier molecular flexibility index (Phi) is 4.50. The number of carbonyl (C=O) groups excluding carboxylic acids is 1. The second-order valence-corrected chi connectivity index (χ2v) is 5.91. The van der Waals surface area contributed by atoms with Gasteiger partial charge in [0.05, 0.1) is 12.6 Å². The Morgan fingerprint density at radius 2 is 2.22 bits per heavy atom. The summed E-state index contributed by atoms with van der Waals surface area (Å²) in [5.41, 5.74) is 0. The standard InChI is InChI=1S/C17H19N3O3/c1-11(6-7-19-22)23-15-5-4-13-9-16(18-10-14(13)8-15)20-17(21)12-2-3-12/h4-5,8-12H,2-3,6-7H2,1H3,(H,18,20,21)/t11-/m1/s1. The number of aromatic nitrogens is 1. The number of hydrogen-bond donors (Lipinski definition) is 1. The Morgan fingerprint density at radius 1 is 1.39 bits per heavy atom. The molecule has 0 spiro atoms. The molecule has 1 fully saturated rings. The Bertz CT molecular complexity index is 728. The number of nitrogens with zero attached hydrogens (tertiary/aromatic N) is 2. The lowest BCUT2D eigenvalue weighted by atomic mass is 10.1. The first-order valence-corrected chi connectivity index (χ1v) is 7.82. The SMILES string of the molecule is C[C@H](CCN=O)Oc1ccc2cc(NC(=O)C3CC3)ncc2c1. The van der Waals surface area contributed by atoms with Gasteiger partial charge in [-0.1, -0.05) is 11.2 Å². The van der Waals surface area contributed by atoms with Gasteiger partial charge in [-0.25, -0.2) is 4.98 Å². The summed E-state index contributed by atoms with van der Waals surface area (Å²) in [4.78, 5) is 26.2. The minimum atomic E-state index is -0.0739. The van der Waals surface area contributed by atoms with Gasteiger partial charge in [0.25, 0.3) is 0 Å². The number of rotatable bonds is 7. The van der Waals surface area contributed by atoms with Gasteiger partial charge in [-0.05, 0) is 43.4 Å². The number of fused-ring (bicyclic) bond motifs is 1. The van der Waals surface area contributed by atoms with Crippen molar-refractivity contribution in [3.05, 3.63) is 35.4 Å². The molecule has 120 valence electrons. The molecule has 23 heavy (non-hydrogen) atoms. The maximum absolute atomic E-state index is 11.8. The molecule has 1 atom stereocenters. The van der Waals surface area contributed by atoms with E-state index in [2.05, 4.69) is 15.5 Å².